The van der Waals surface area contributed by atoms with Gasteiger partial charge in [0.25, 0.3) is 5.91 Å². The number of para-hydroxylation sites is 2. The van der Waals surface area contributed by atoms with Crippen molar-refractivity contribution in [1.29, 1.82) is 0 Å². The maximum Gasteiger partial charge on any atom is 0.253 e. The largest absolute Gasteiger partial charge is 0.342 e. The van der Waals surface area contributed by atoms with Gasteiger partial charge in [0.15, 0.2) is 4.84 Å². The molecule has 0 radical (unpaired) electrons. The van der Waals surface area contributed by atoms with Crippen LogP contribution in [0.25, 0.3) is 11.0 Å². The molecule has 3 atom stereocenters. The number of amides is 2. The van der Waals surface area contributed by atoms with E-state index in [0.29, 0.717) is 37.6 Å². The van der Waals surface area contributed by atoms with Crippen molar-refractivity contribution in [1.82, 2.24) is 24.7 Å². The zero-order valence-corrected chi connectivity index (χ0v) is 27.0. The molecule has 1 N–H and O–H groups in total. The van der Waals surface area contributed by atoms with E-state index in [0.717, 1.165) is 55.6 Å². The Balaban J connectivity index is 1.16. The molecule has 3 saturated heterocycles. The molecule has 2 amide bonds. The van der Waals surface area contributed by atoms with E-state index < -0.39 is 16.8 Å². The number of nitrogens with one attached hydrogen (secondary N) is 1. The average molecular weight is 643 g/mol. The maximum absolute atomic E-state index is 14.5. The smallest absolute Gasteiger partial charge is 0.253 e. The molecule has 44 heavy (non-hydrogen) atoms. The minimum atomic E-state index is -1.22. The predicted molar refractivity (Wildman–Crippen MR) is 172 cm³/mol. The summed E-state index contributed by atoms with van der Waals surface area (Å²) >= 11 is 11.4. The topological polar surface area (TPSA) is 70.5 Å². The standard InChI is InChI=1S/C34H42Cl2FN5O2/c1-3-28(39-32(43)31(35)36)33(44)40-16-13-34(14-17-40,23-7-6-8-24(37)19-23)15-18-41-25-11-12-26(41)21-27(20-25)42-22(2)38-29-9-4-5-10-30(29)42/h4-10,19,25-28,31H,3,11-18,20-21H2,1-2H3,(H,39,43). The minimum absolute atomic E-state index is 0.120. The number of carbonyl (C=O) groups is 2. The first-order chi connectivity index (χ1) is 21.2. The molecular weight excluding hydrogens is 600 g/mol. The van der Waals surface area contributed by atoms with Crippen molar-refractivity contribution < 1.29 is 14.0 Å². The van der Waals surface area contributed by atoms with Gasteiger partial charge in [-0.25, -0.2) is 9.37 Å². The van der Waals surface area contributed by atoms with Crippen LogP contribution in [0.5, 0.6) is 0 Å². The van der Waals surface area contributed by atoms with Crippen LogP contribution in [0.4, 0.5) is 4.39 Å². The summed E-state index contributed by atoms with van der Waals surface area (Å²) in [5.41, 5.74) is 3.08. The second kappa shape index (κ2) is 13.0. The highest BCUT2D eigenvalue weighted by molar-refractivity contribution is 6.53. The highest BCUT2D eigenvalue weighted by Gasteiger charge is 2.44. The molecule has 3 aromatic rings. The van der Waals surface area contributed by atoms with E-state index in [4.69, 9.17) is 28.2 Å². The fourth-order valence-corrected chi connectivity index (χ4v) is 8.37. The van der Waals surface area contributed by atoms with Gasteiger partial charge in [0.1, 0.15) is 17.7 Å². The highest BCUT2D eigenvalue weighted by atomic mass is 35.5. The Morgan fingerprint density at radius 2 is 1.75 bits per heavy atom. The summed E-state index contributed by atoms with van der Waals surface area (Å²) in [6, 6.07) is 16.3. The van der Waals surface area contributed by atoms with Crippen LogP contribution in [0.1, 0.15) is 75.7 Å². The van der Waals surface area contributed by atoms with Gasteiger partial charge >= 0.3 is 0 Å². The Bertz CT molecular complexity index is 1490. The van der Waals surface area contributed by atoms with Crippen molar-refractivity contribution in [2.24, 2.45) is 0 Å². The van der Waals surface area contributed by atoms with Crippen LogP contribution in [0, 0.1) is 12.7 Å². The first kappa shape index (κ1) is 31.3. The number of aromatic nitrogens is 2. The van der Waals surface area contributed by atoms with E-state index in [9.17, 15) is 14.0 Å². The Kier molecular flexibility index (Phi) is 9.23. The van der Waals surface area contributed by atoms with Crippen LogP contribution in [-0.4, -0.2) is 73.8 Å². The molecule has 3 unspecified atom stereocenters. The molecule has 4 heterocycles. The number of benzene rings is 2. The van der Waals surface area contributed by atoms with Crippen molar-refractivity contribution >= 4 is 46.0 Å². The molecule has 10 heteroatoms. The number of halogens is 3. The third kappa shape index (κ3) is 6.10. The van der Waals surface area contributed by atoms with Gasteiger partial charge in [-0.3, -0.25) is 14.5 Å². The van der Waals surface area contributed by atoms with Crippen LogP contribution in [-0.2, 0) is 15.0 Å². The van der Waals surface area contributed by atoms with Gasteiger partial charge < -0.3 is 14.8 Å². The summed E-state index contributed by atoms with van der Waals surface area (Å²) < 4.78 is 17.0. The number of imidazole rings is 1. The van der Waals surface area contributed by atoms with Gasteiger partial charge in [-0.15, -0.1) is 0 Å². The van der Waals surface area contributed by atoms with Gasteiger partial charge in [-0.05, 0) is 100 Å². The second-order valence-electron chi connectivity index (χ2n) is 12.9. The molecule has 3 aliphatic rings. The third-order valence-corrected chi connectivity index (χ3v) is 10.9. The Morgan fingerprint density at radius 1 is 1.05 bits per heavy atom. The first-order valence-corrected chi connectivity index (χ1v) is 16.9. The number of carbonyl (C=O) groups excluding carboxylic acids is 2. The number of fused-ring (bicyclic) bond motifs is 3. The van der Waals surface area contributed by atoms with Crippen molar-refractivity contribution in [2.75, 3.05) is 19.6 Å². The van der Waals surface area contributed by atoms with E-state index in [1.165, 1.54) is 24.4 Å². The van der Waals surface area contributed by atoms with E-state index in [2.05, 4.69) is 46.0 Å². The van der Waals surface area contributed by atoms with Gasteiger partial charge in [0.05, 0.1) is 11.0 Å². The van der Waals surface area contributed by atoms with E-state index >= 15 is 0 Å². The number of piperidine rings is 2. The summed E-state index contributed by atoms with van der Waals surface area (Å²) in [5, 5.41) is 2.68. The molecule has 236 valence electrons. The number of rotatable bonds is 9. The number of hydrogen-bond donors (Lipinski definition) is 1. The number of likely N-dealkylation sites (tertiary alicyclic amines) is 1. The van der Waals surface area contributed by atoms with Crippen LogP contribution >= 0.6 is 23.2 Å². The lowest BCUT2D eigenvalue weighted by molar-refractivity contribution is -0.137. The van der Waals surface area contributed by atoms with Crippen LogP contribution in [0.3, 0.4) is 0 Å². The fourth-order valence-electron chi connectivity index (χ4n) is 8.24. The quantitative estimate of drug-likeness (QED) is 0.278. The Morgan fingerprint density at radius 3 is 2.41 bits per heavy atom. The van der Waals surface area contributed by atoms with E-state index in [-0.39, 0.29) is 17.1 Å². The lowest BCUT2D eigenvalue weighted by Crippen LogP contribution is -2.54. The molecule has 0 saturated carbocycles. The van der Waals surface area contributed by atoms with Crippen molar-refractivity contribution in [3.63, 3.8) is 0 Å². The minimum Gasteiger partial charge on any atom is -0.342 e. The number of hydrogen-bond acceptors (Lipinski definition) is 4. The van der Waals surface area contributed by atoms with Crippen LogP contribution in [0.2, 0.25) is 0 Å². The van der Waals surface area contributed by atoms with E-state index in [1.807, 2.05) is 17.9 Å². The molecule has 2 aromatic carbocycles. The molecule has 2 bridgehead atoms. The fraction of sp³-hybridized carbons (Fsp3) is 0.559. The summed E-state index contributed by atoms with van der Waals surface area (Å²) in [7, 11) is 0. The normalized spacial score (nSPS) is 24.1. The van der Waals surface area contributed by atoms with Gasteiger partial charge in [-0.1, -0.05) is 54.4 Å². The van der Waals surface area contributed by atoms with Crippen molar-refractivity contribution in [3.8, 4) is 0 Å². The molecule has 7 nitrogen and oxygen atoms in total. The molecule has 3 aliphatic heterocycles. The van der Waals surface area contributed by atoms with Gasteiger partial charge in [-0.2, -0.15) is 0 Å². The summed E-state index contributed by atoms with van der Waals surface area (Å²) in [5.74, 6) is 0.180. The predicted octanol–water partition coefficient (Wildman–Crippen LogP) is 6.30. The Labute approximate surface area is 269 Å². The monoisotopic (exact) mass is 641 g/mol. The maximum atomic E-state index is 14.5. The molecule has 6 rings (SSSR count). The van der Waals surface area contributed by atoms with E-state index in [1.54, 1.807) is 12.1 Å². The number of alkyl halides is 2. The molecule has 3 fully saturated rings. The molecule has 0 spiro atoms. The molecular formula is C34H42Cl2FN5O2. The lowest BCUT2D eigenvalue weighted by Gasteiger charge is -2.46. The average Bonchev–Trinajstić information content (AvgIpc) is 3.48. The van der Waals surface area contributed by atoms with Crippen molar-refractivity contribution in [3.05, 3.63) is 65.7 Å². The lowest BCUT2D eigenvalue weighted by atomic mass is 9.70. The summed E-state index contributed by atoms with van der Waals surface area (Å²) in [6.07, 6.45) is 7.49. The highest BCUT2D eigenvalue weighted by Crippen LogP contribution is 2.45. The molecule has 1 aromatic heterocycles. The van der Waals surface area contributed by atoms with Crippen LogP contribution in [0.15, 0.2) is 48.5 Å². The summed E-state index contributed by atoms with van der Waals surface area (Å²) in [4.78, 5) is 33.6. The zero-order chi connectivity index (χ0) is 31.0. The third-order valence-electron chi connectivity index (χ3n) is 10.5. The van der Waals surface area contributed by atoms with Crippen molar-refractivity contribution in [2.45, 2.75) is 99.6 Å². The van der Waals surface area contributed by atoms with Gasteiger partial charge in [0.2, 0.25) is 5.91 Å². The first-order valence-electron chi connectivity index (χ1n) is 16.0. The number of nitrogens with zero attached hydrogens (tertiary/aromatic N) is 4. The summed E-state index contributed by atoms with van der Waals surface area (Å²) in [6.45, 7) is 6.03. The zero-order valence-electron chi connectivity index (χ0n) is 25.5. The van der Waals surface area contributed by atoms with Crippen LogP contribution < -0.4 is 5.32 Å². The Hall–Kier alpha value is -2.68. The second-order valence-corrected chi connectivity index (χ2v) is 14.0. The SMILES string of the molecule is CCC(NC(=O)C(Cl)Cl)C(=O)N1CCC(CCN2C3CCC2CC(n2c(C)nc4ccccc42)C3)(c2cccc(F)c2)CC1. The van der Waals surface area contributed by atoms with Gasteiger partial charge in [0, 0.05) is 31.2 Å². The number of aryl methyl sites for hydroxylation is 1. The molecule has 0 aliphatic carbocycles.